The van der Waals surface area contributed by atoms with Gasteiger partial charge in [0.25, 0.3) is 5.91 Å². The molecule has 0 aliphatic heterocycles. The van der Waals surface area contributed by atoms with Crippen molar-refractivity contribution in [2.75, 3.05) is 0 Å². The Hall–Kier alpha value is -2.22. The van der Waals surface area contributed by atoms with Crippen molar-refractivity contribution in [3.8, 4) is 12.3 Å². The van der Waals surface area contributed by atoms with Crippen molar-refractivity contribution in [3.05, 3.63) is 23.7 Å². The van der Waals surface area contributed by atoms with Crippen LogP contribution in [0.15, 0.2) is 16.5 Å². The molecular weight excluding hydrogens is 222 g/mol. The van der Waals surface area contributed by atoms with Crippen LogP contribution in [0.25, 0.3) is 0 Å². The van der Waals surface area contributed by atoms with Gasteiger partial charge in [0.2, 0.25) is 0 Å². The third-order valence-electron chi connectivity index (χ3n) is 2.16. The van der Waals surface area contributed by atoms with Crippen LogP contribution in [0.2, 0.25) is 0 Å². The van der Waals surface area contributed by atoms with Crippen LogP contribution in [0, 0.1) is 12.3 Å². The monoisotopic (exact) mass is 235 g/mol. The number of aliphatic carboxylic acids is 1. The molecule has 0 radical (unpaired) electrons. The van der Waals surface area contributed by atoms with E-state index in [2.05, 4.69) is 11.2 Å². The maximum absolute atomic E-state index is 11.6. The number of carboxylic acids is 1. The fourth-order valence-corrected chi connectivity index (χ4v) is 1.24. The lowest BCUT2D eigenvalue weighted by molar-refractivity contribution is -0.139. The molecule has 1 amide bonds. The highest BCUT2D eigenvalue weighted by molar-refractivity contribution is 5.94. The Morgan fingerprint density at radius 2 is 2.29 bits per heavy atom. The molecule has 5 heteroatoms. The van der Waals surface area contributed by atoms with Crippen molar-refractivity contribution in [2.24, 2.45) is 0 Å². The Kier molecular flexibility index (Phi) is 4.35. The van der Waals surface area contributed by atoms with E-state index in [4.69, 9.17) is 15.9 Å². The first-order valence-electron chi connectivity index (χ1n) is 5.14. The van der Waals surface area contributed by atoms with Gasteiger partial charge in [0.05, 0.1) is 0 Å². The molecule has 0 aliphatic carbocycles. The average molecular weight is 235 g/mol. The molecule has 0 fully saturated rings. The van der Waals surface area contributed by atoms with Crippen LogP contribution in [-0.2, 0) is 11.2 Å². The lowest BCUT2D eigenvalue weighted by Gasteiger charge is -2.10. The summed E-state index contributed by atoms with van der Waals surface area (Å²) in [5, 5.41) is 11.1. The minimum Gasteiger partial charge on any atom is -0.480 e. The summed E-state index contributed by atoms with van der Waals surface area (Å²) in [5.74, 6) is 1.21. The zero-order chi connectivity index (χ0) is 12.8. The molecule has 1 unspecified atom stereocenters. The molecule has 0 spiro atoms. The highest BCUT2D eigenvalue weighted by Crippen LogP contribution is 2.08. The lowest BCUT2D eigenvalue weighted by Crippen LogP contribution is -2.40. The van der Waals surface area contributed by atoms with Crippen LogP contribution in [-0.4, -0.2) is 23.0 Å². The first-order valence-corrected chi connectivity index (χ1v) is 5.14. The first kappa shape index (κ1) is 12.8. The molecule has 0 aliphatic rings. The average Bonchev–Trinajstić information content (AvgIpc) is 2.76. The standard InChI is InChI=1S/C12H13NO4/c1-3-5-9(12(15)16)13-11(14)10-7-6-8(4-2)17-10/h1,6-7,9H,4-5H2,2H3,(H,13,14)(H,15,16). The second-order valence-corrected chi connectivity index (χ2v) is 3.39. The van der Waals surface area contributed by atoms with E-state index in [9.17, 15) is 9.59 Å². The van der Waals surface area contributed by atoms with Gasteiger partial charge in [-0.05, 0) is 12.1 Å². The van der Waals surface area contributed by atoms with Gasteiger partial charge >= 0.3 is 5.97 Å². The quantitative estimate of drug-likeness (QED) is 0.747. The zero-order valence-electron chi connectivity index (χ0n) is 9.40. The normalized spacial score (nSPS) is 11.5. The van der Waals surface area contributed by atoms with E-state index in [0.717, 1.165) is 0 Å². The van der Waals surface area contributed by atoms with E-state index in [-0.39, 0.29) is 12.2 Å². The van der Waals surface area contributed by atoms with Crippen LogP contribution in [0.3, 0.4) is 0 Å². The third kappa shape index (κ3) is 3.38. The number of carbonyl (C=O) groups is 2. The van der Waals surface area contributed by atoms with Gasteiger partial charge in [-0.25, -0.2) is 4.79 Å². The van der Waals surface area contributed by atoms with Crippen LogP contribution < -0.4 is 5.32 Å². The molecule has 1 heterocycles. The van der Waals surface area contributed by atoms with E-state index in [1.165, 1.54) is 6.07 Å². The van der Waals surface area contributed by atoms with Crippen molar-refractivity contribution in [1.29, 1.82) is 0 Å². The molecule has 1 rings (SSSR count). The summed E-state index contributed by atoms with van der Waals surface area (Å²) in [7, 11) is 0. The SMILES string of the molecule is C#CCC(NC(=O)c1ccc(CC)o1)C(=O)O. The summed E-state index contributed by atoms with van der Waals surface area (Å²) < 4.78 is 5.20. The minimum absolute atomic E-state index is 0.0670. The van der Waals surface area contributed by atoms with Crippen molar-refractivity contribution >= 4 is 11.9 Å². The number of carbonyl (C=O) groups excluding carboxylic acids is 1. The predicted molar refractivity (Wildman–Crippen MR) is 60.4 cm³/mol. The van der Waals surface area contributed by atoms with Gasteiger partial charge in [-0.2, -0.15) is 0 Å². The van der Waals surface area contributed by atoms with Gasteiger partial charge in [0.1, 0.15) is 11.8 Å². The van der Waals surface area contributed by atoms with E-state index in [1.54, 1.807) is 6.07 Å². The molecule has 1 aromatic rings. The Morgan fingerprint density at radius 3 is 2.76 bits per heavy atom. The number of carboxylic acid groups (broad SMARTS) is 1. The van der Waals surface area contributed by atoms with Gasteiger partial charge in [-0.15, -0.1) is 12.3 Å². The van der Waals surface area contributed by atoms with E-state index in [1.807, 2.05) is 6.92 Å². The predicted octanol–water partition coefficient (Wildman–Crippen LogP) is 1.05. The zero-order valence-corrected chi connectivity index (χ0v) is 9.40. The summed E-state index contributed by atoms with van der Waals surface area (Å²) in [4.78, 5) is 22.4. The Morgan fingerprint density at radius 1 is 1.59 bits per heavy atom. The van der Waals surface area contributed by atoms with Crippen LogP contribution in [0.1, 0.15) is 29.7 Å². The van der Waals surface area contributed by atoms with E-state index in [0.29, 0.717) is 12.2 Å². The summed E-state index contributed by atoms with van der Waals surface area (Å²) in [6, 6.07) is 2.08. The molecule has 2 N–H and O–H groups in total. The summed E-state index contributed by atoms with van der Waals surface area (Å²) >= 11 is 0. The van der Waals surface area contributed by atoms with Crippen molar-refractivity contribution in [2.45, 2.75) is 25.8 Å². The number of nitrogens with one attached hydrogen (secondary N) is 1. The number of hydrogen-bond acceptors (Lipinski definition) is 3. The van der Waals surface area contributed by atoms with Gasteiger partial charge in [0.15, 0.2) is 5.76 Å². The fraction of sp³-hybridized carbons (Fsp3) is 0.333. The molecule has 0 bridgehead atoms. The number of furan rings is 1. The first-order chi connectivity index (χ1) is 8.08. The van der Waals surface area contributed by atoms with Crippen molar-refractivity contribution in [1.82, 2.24) is 5.32 Å². The van der Waals surface area contributed by atoms with Crippen LogP contribution >= 0.6 is 0 Å². The highest BCUT2D eigenvalue weighted by Gasteiger charge is 2.21. The largest absolute Gasteiger partial charge is 0.480 e. The van der Waals surface area contributed by atoms with Crippen molar-refractivity contribution in [3.63, 3.8) is 0 Å². The lowest BCUT2D eigenvalue weighted by atomic mass is 10.2. The Balaban J connectivity index is 2.70. The highest BCUT2D eigenvalue weighted by atomic mass is 16.4. The van der Waals surface area contributed by atoms with E-state index >= 15 is 0 Å². The third-order valence-corrected chi connectivity index (χ3v) is 2.16. The number of aryl methyl sites for hydroxylation is 1. The number of hydrogen-bond donors (Lipinski definition) is 2. The molecule has 90 valence electrons. The van der Waals surface area contributed by atoms with Gasteiger partial charge in [-0.3, -0.25) is 4.79 Å². The molecule has 0 saturated heterocycles. The maximum Gasteiger partial charge on any atom is 0.327 e. The molecule has 1 aromatic heterocycles. The van der Waals surface area contributed by atoms with Crippen LogP contribution in [0.5, 0.6) is 0 Å². The second-order valence-electron chi connectivity index (χ2n) is 3.39. The number of terminal acetylenes is 1. The van der Waals surface area contributed by atoms with E-state index < -0.39 is 17.9 Å². The van der Waals surface area contributed by atoms with Crippen LogP contribution in [0.4, 0.5) is 0 Å². The second kappa shape index (κ2) is 5.75. The van der Waals surface area contributed by atoms with Gasteiger partial charge < -0.3 is 14.8 Å². The molecule has 5 nitrogen and oxygen atoms in total. The van der Waals surface area contributed by atoms with Gasteiger partial charge in [-0.1, -0.05) is 6.92 Å². The summed E-state index contributed by atoms with van der Waals surface area (Å²) in [6.07, 6.45) is 5.62. The smallest absolute Gasteiger partial charge is 0.327 e. The number of amides is 1. The molecule has 0 saturated carbocycles. The number of rotatable bonds is 5. The molecular formula is C12H13NO4. The molecule has 0 aromatic carbocycles. The maximum atomic E-state index is 11.6. The fourth-order valence-electron chi connectivity index (χ4n) is 1.24. The Labute approximate surface area is 98.8 Å². The minimum atomic E-state index is -1.17. The Bertz CT molecular complexity index is 455. The molecule has 17 heavy (non-hydrogen) atoms. The molecule has 1 atom stereocenters. The topological polar surface area (TPSA) is 79.5 Å². The summed E-state index contributed by atoms with van der Waals surface area (Å²) in [6.45, 7) is 1.89. The summed E-state index contributed by atoms with van der Waals surface area (Å²) in [5.41, 5.74) is 0. The van der Waals surface area contributed by atoms with Gasteiger partial charge in [0, 0.05) is 12.8 Å². The van der Waals surface area contributed by atoms with Crippen molar-refractivity contribution < 1.29 is 19.1 Å².